The van der Waals surface area contributed by atoms with Crippen LogP contribution in [-0.2, 0) is 19.2 Å². The van der Waals surface area contributed by atoms with Crippen molar-refractivity contribution in [3.8, 4) is 0 Å². The molecule has 3 amide bonds. The molecule has 0 bridgehead atoms. The fourth-order valence-electron chi connectivity index (χ4n) is 2.97. The number of nitrogens with zero attached hydrogens (tertiary/aromatic N) is 1. The highest BCUT2D eigenvalue weighted by Crippen LogP contribution is 2.10. The lowest BCUT2D eigenvalue weighted by molar-refractivity contribution is -0.142. The average Bonchev–Trinajstić information content (AvgIpc) is 2.72. The van der Waals surface area contributed by atoms with E-state index < -0.39 is 47.9 Å². The van der Waals surface area contributed by atoms with E-state index in [2.05, 4.69) is 20.9 Å². The van der Waals surface area contributed by atoms with E-state index in [-0.39, 0.29) is 24.2 Å². The maximum Gasteiger partial charge on any atom is 0.326 e. The number of aliphatic imine (C=N–C) groups is 1. The monoisotopic (exact) mass is 471 g/mol. The lowest BCUT2D eigenvalue weighted by Crippen LogP contribution is -2.58. The second-order valence-corrected chi connectivity index (χ2v) is 8.69. The van der Waals surface area contributed by atoms with E-state index in [4.69, 9.17) is 17.2 Å². The second kappa shape index (κ2) is 15.0. The van der Waals surface area contributed by atoms with Gasteiger partial charge in [-0.25, -0.2) is 4.79 Å². The van der Waals surface area contributed by atoms with Crippen LogP contribution in [0.1, 0.15) is 60.3 Å². The van der Waals surface area contributed by atoms with Gasteiger partial charge in [-0.2, -0.15) is 0 Å². The molecule has 0 saturated carbocycles. The van der Waals surface area contributed by atoms with Gasteiger partial charge in [-0.05, 0) is 38.0 Å². The van der Waals surface area contributed by atoms with Gasteiger partial charge in [0.15, 0.2) is 5.96 Å². The smallest absolute Gasteiger partial charge is 0.326 e. The van der Waals surface area contributed by atoms with Crippen LogP contribution in [-0.4, -0.2) is 65.5 Å². The normalized spacial score (nSPS) is 15.5. The van der Waals surface area contributed by atoms with Crippen LogP contribution in [0.4, 0.5) is 0 Å². The molecule has 0 saturated heterocycles. The Bertz CT molecular complexity index is 694. The number of rotatable bonds is 15. The van der Waals surface area contributed by atoms with Crippen LogP contribution >= 0.6 is 0 Å². The van der Waals surface area contributed by atoms with Crippen molar-refractivity contribution >= 4 is 29.7 Å². The maximum absolute atomic E-state index is 12.8. The lowest BCUT2D eigenvalue weighted by atomic mass is 9.97. The molecule has 0 radical (unpaired) electrons. The zero-order valence-corrected chi connectivity index (χ0v) is 20.3. The van der Waals surface area contributed by atoms with Gasteiger partial charge < -0.3 is 38.3 Å². The molecule has 5 atom stereocenters. The third-order valence-electron chi connectivity index (χ3n) is 5.17. The number of hydrogen-bond donors (Lipinski definition) is 7. The Morgan fingerprint density at radius 2 is 1.55 bits per heavy atom. The zero-order valence-electron chi connectivity index (χ0n) is 20.3. The molecule has 0 aromatic heterocycles. The SMILES string of the molecule is CCC(C)C(NC(=O)C(N)CCCN=C(N)N)C(=O)NC(C)C(=O)NC(CC(C)C)C(=O)O. The van der Waals surface area contributed by atoms with Gasteiger partial charge in [0.1, 0.15) is 18.1 Å². The van der Waals surface area contributed by atoms with Gasteiger partial charge in [0.05, 0.1) is 6.04 Å². The average molecular weight is 472 g/mol. The fraction of sp³-hybridized carbons (Fsp3) is 0.762. The lowest BCUT2D eigenvalue weighted by Gasteiger charge is -2.27. The van der Waals surface area contributed by atoms with E-state index in [0.717, 1.165) is 0 Å². The van der Waals surface area contributed by atoms with Gasteiger partial charge in [0.25, 0.3) is 0 Å². The van der Waals surface area contributed by atoms with Crippen LogP contribution in [0.5, 0.6) is 0 Å². The number of amides is 3. The maximum atomic E-state index is 12.8. The highest BCUT2D eigenvalue weighted by atomic mass is 16.4. The van der Waals surface area contributed by atoms with Gasteiger partial charge >= 0.3 is 5.97 Å². The fourth-order valence-corrected chi connectivity index (χ4v) is 2.97. The van der Waals surface area contributed by atoms with E-state index >= 15 is 0 Å². The van der Waals surface area contributed by atoms with E-state index in [1.165, 1.54) is 6.92 Å². The Kier molecular flexibility index (Phi) is 13.7. The summed E-state index contributed by atoms with van der Waals surface area (Å²) in [5, 5.41) is 17.0. The predicted molar refractivity (Wildman–Crippen MR) is 126 cm³/mol. The summed E-state index contributed by atoms with van der Waals surface area (Å²) in [5.41, 5.74) is 16.4. The Hall–Kier alpha value is -2.89. The molecule has 0 spiro atoms. The van der Waals surface area contributed by atoms with Crippen LogP contribution in [0.15, 0.2) is 4.99 Å². The highest BCUT2D eigenvalue weighted by molar-refractivity contribution is 5.94. The van der Waals surface area contributed by atoms with Gasteiger partial charge in [-0.3, -0.25) is 19.4 Å². The summed E-state index contributed by atoms with van der Waals surface area (Å²) in [6.45, 7) is 9.14. The summed E-state index contributed by atoms with van der Waals surface area (Å²) in [7, 11) is 0. The number of guanidine groups is 1. The number of carboxylic acid groups (broad SMARTS) is 1. The van der Waals surface area contributed by atoms with Crippen molar-refractivity contribution in [1.82, 2.24) is 16.0 Å². The van der Waals surface area contributed by atoms with E-state index in [9.17, 15) is 24.3 Å². The van der Waals surface area contributed by atoms with Gasteiger partial charge in [-0.15, -0.1) is 0 Å². The van der Waals surface area contributed by atoms with Crippen molar-refractivity contribution in [2.24, 2.45) is 34.0 Å². The third kappa shape index (κ3) is 12.1. The summed E-state index contributed by atoms with van der Waals surface area (Å²) in [6, 6.07) is -3.82. The molecule has 0 aromatic carbocycles. The van der Waals surface area contributed by atoms with Gasteiger partial charge in [0, 0.05) is 6.54 Å². The van der Waals surface area contributed by atoms with E-state index in [1.54, 1.807) is 6.92 Å². The molecule has 0 aliphatic heterocycles. The number of nitrogens with two attached hydrogens (primary N) is 3. The summed E-state index contributed by atoms with van der Waals surface area (Å²) in [4.78, 5) is 53.0. The molecule has 0 fully saturated rings. The first kappa shape index (κ1) is 30.1. The van der Waals surface area contributed by atoms with Gasteiger partial charge in [-0.1, -0.05) is 34.1 Å². The molecule has 10 N–H and O–H groups in total. The van der Waals surface area contributed by atoms with Crippen molar-refractivity contribution in [1.29, 1.82) is 0 Å². The molecule has 0 heterocycles. The summed E-state index contributed by atoms with van der Waals surface area (Å²) in [5.74, 6) is -3.03. The number of hydrogen-bond acceptors (Lipinski definition) is 6. The van der Waals surface area contributed by atoms with Crippen molar-refractivity contribution in [2.45, 2.75) is 84.5 Å². The number of carbonyl (C=O) groups excluding carboxylic acids is 3. The molecule has 0 rings (SSSR count). The molecule has 12 nitrogen and oxygen atoms in total. The summed E-state index contributed by atoms with van der Waals surface area (Å²) >= 11 is 0. The minimum absolute atomic E-state index is 0.0430. The quantitative estimate of drug-likeness (QED) is 0.0892. The summed E-state index contributed by atoms with van der Waals surface area (Å²) < 4.78 is 0. The van der Waals surface area contributed by atoms with Crippen molar-refractivity contribution in [3.05, 3.63) is 0 Å². The Morgan fingerprint density at radius 3 is 2.03 bits per heavy atom. The van der Waals surface area contributed by atoms with Crippen LogP contribution in [0.2, 0.25) is 0 Å². The minimum Gasteiger partial charge on any atom is -0.480 e. The van der Waals surface area contributed by atoms with Crippen LogP contribution in [0.25, 0.3) is 0 Å². The minimum atomic E-state index is -1.14. The second-order valence-electron chi connectivity index (χ2n) is 8.69. The largest absolute Gasteiger partial charge is 0.480 e. The zero-order chi connectivity index (χ0) is 25.7. The molecule has 12 heteroatoms. The molecule has 0 aliphatic carbocycles. The molecular weight excluding hydrogens is 430 g/mol. The van der Waals surface area contributed by atoms with E-state index in [0.29, 0.717) is 25.8 Å². The predicted octanol–water partition coefficient (Wildman–Crippen LogP) is -0.982. The Balaban J connectivity index is 5.04. The van der Waals surface area contributed by atoms with Crippen LogP contribution < -0.4 is 33.2 Å². The third-order valence-corrected chi connectivity index (χ3v) is 5.17. The number of carboxylic acids is 1. The standard InChI is InChI=1S/C21H41N7O5/c1-6-12(4)16(28-18(30)14(22)8-7-9-25-21(23)24)19(31)26-13(5)17(29)27-15(20(32)33)10-11(2)3/h11-16H,6-10,22H2,1-5H3,(H,26,31)(H,27,29)(H,28,30)(H,32,33)(H4,23,24,25). The van der Waals surface area contributed by atoms with Crippen LogP contribution in [0.3, 0.4) is 0 Å². The van der Waals surface area contributed by atoms with Crippen molar-refractivity contribution < 1.29 is 24.3 Å². The topological polar surface area (TPSA) is 215 Å². The molecule has 190 valence electrons. The van der Waals surface area contributed by atoms with Crippen molar-refractivity contribution in [3.63, 3.8) is 0 Å². The van der Waals surface area contributed by atoms with Gasteiger partial charge in [0.2, 0.25) is 17.7 Å². The molecule has 0 aliphatic rings. The first-order valence-corrected chi connectivity index (χ1v) is 11.2. The molecule has 0 aromatic rings. The first-order valence-electron chi connectivity index (χ1n) is 11.2. The highest BCUT2D eigenvalue weighted by Gasteiger charge is 2.31. The van der Waals surface area contributed by atoms with Crippen LogP contribution in [0, 0.1) is 11.8 Å². The first-order chi connectivity index (χ1) is 15.3. The molecule has 5 unspecified atom stereocenters. The number of aliphatic carboxylic acids is 1. The number of carbonyl (C=O) groups is 4. The molecular formula is C21H41N7O5. The van der Waals surface area contributed by atoms with E-state index in [1.807, 2.05) is 20.8 Å². The molecule has 33 heavy (non-hydrogen) atoms. The summed E-state index contributed by atoms with van der Waals surface area (Å²) in [6.07, 6.45) is 1.66. The number of nitrogens with one attached hydrogen (secondary N) is 3. The van der Waals surface area contributed by atoms with Crippen molar-refractivity contribution in [2.75, 3.05) is 6.54 Å². The Morgan fingerprint density at radius 1 is 0.939 bits per heavy atom. The Labute approximate surface area is 195 Å².